The largest absolute Gasteiger partial charge is 0.372 e. The molecular weight excluding hydrogens is 278 g/mol. The van der Waals surface area contributed by atoms with Gasteiger partial charge in [-0.05, 0) is 44.9 Å². The highest BCUT2D eigenvalue weighted by Gasteiger charge is 2.29. The smallest absolute Gasteiger partial charge is 0.223 e. The van der Waals surface area contributed by atoms with E-state index in [2.05, 4.69) is 0 Å². The van der Waals surface area contributed by atoms with Crippen LogP contribution in [-0.4, -0.2) is 41.9 Å². The SMILES string of the molecule is Cc1ccc(C(=O)CCC(=O)N2CCOC(C)(C)C2)cc1C. The van der Waals surface area contributed by atoms with E-state index in [1.165, 1.54) is 5.56 Å². The van der Waals surface area contributed by atoms with Gasteiger partial charge >= 0.3 is 0 Å². The van der Waals surface area contributed by atoms with Crippen molar-refractivity contribution in [2.45, 2.75) is 46.1 Å². The lowest BCUT2D eigenvalue weighted by molar-refractivity contribution is -0.145. The maximum Gasteiger partial charge on any atom is 0.223 e. The fraction of sp³-hybridized carbons (Fsp3) is 0.556. The number of aryl methyl sites for hydroxylation is 2. The number of morpholine rings is 1. The average Bonchev–Trinajstić information content (AvgIpc) is 2.46. The van der Waals surface area contributed by atoms with Crippen molar-refractivity contribution in [2.24, 2.45) is 0 Å². The van der Waals surface area contributed by atoms with Crippen molar-refractivity contribution in [3.8, 4) is 0 Å². The Morgan fingerprint density at radius 3 is 2.55 bits per heavy atom. The van der Waals surface area contributed by atoms with Gasteiger partial charge in [0.25, 0.3) is 0 Å². The first-order chi connectivity index (χ1) is 10.3. The number of amides is 1. The molecule has 1 saturated heterocycles. The number of carbonyl (C=O) groups excluding carboxylic acids is 2. The summed E-state index contributed by atoms with van der Waals surface area (Å²) in [6.07, 6.45) is 0.529. The Morgan fingerprint density at radius 1 is 1.18 bits per heavy atom. The Kier molecular flexibility index (Phi) is 5.01. The summed E-state index contributed by atoms with van der Waals surface area (Å²) in [4.78, 5) is 26.3. The predicted molar refractivity (Wildman–Crippen MR) is 86.1 cm³/mol. The van der Waals surface area contributed by atoms with Gasteiger partial charge in [0.2, 0.25) is 5.91 Å². The fourth-order valence-electron chi connectivity index (χ4n) is 2.67. The van der Waals surface area contributed by atoms with Crippen molar-refractivity contribution in [1.29, 1.82) is 0 Å². The van der Waals surface area contributed by atoms with E-state index in [0.717, 1.165) is 5.56 Å². The Bertz CT molecular complexity index is 578. The van der Waals surface area contributed by atoms with Gasteiger partial charge in [-0.15, -0.1) is 0 Å². The summed E-state index contributed by atoms with van der Waals surface area (Å²) in [7, 11) is 0. The zero-order valence-electron chi connectivity index (χ0n) is 13.9. The molecule has 1 amide bonds. The maximum atomic E-state index is 12.3. The number of ketones is 1. The zero-order valence-corrected chi connectivity index (χ0v) is 13.9. The van der Waals surface area contributed by atoms with Gasteiger partial charge in [-0.3, -0.25) is 9.59 Å². The number of nitrogens with zero attached hydrogens (tertiary/aromatic N) is 1. The predicted octanol–water partition coefficient (Wildman–Crippen LogP) is 2.90. The Labute approximate surface area is 132 Å². The summed E-state index contributed by atoms with van der Waals surface area (Å²) in [6.45, 7) is 9.73. The van der Waals surface area contributed by atoms with Gasteiger partial charge in [0.1, 0.15) is 0 Å². The van der Waals surface area contributed by atoms with Crippen LogP contribution in [0.4, 0.5) is 0 Å². The van der Waals surface area contributed by atoms with Crippen LogP contribution in [0.5, 0.6) is 0 Å². The van der Waals surface area contributed by atoms with Crippen molar-refractivity contribution in [2.75, 3.05) is 19.7 Å². The molecule has 0 saturated carbocycles. The Balaban J connectivity index is 1.90. The average molecular weight is 303 g/mol. The van der Waals surface area contributed by atoms with Crippen LogP contribution < -0.4 is 0 Å². The molecule has 0 radical (unpaired) electrons. The molecule has 0 N–H and O–H groups in total. The molecule has 4 heteroatoms. The van der Waals surface area contributed by atoms with Gasteiger partial charge in [0, 0.05) is 31.5 Å². The molecule has 0 aliphatic carbocycles. The lowest BCUT2D eigenvalue weighted by Crippen LogP contribution is -2.50. The topological polar surface area (TPSA) is 46.6 Å². The minimum atomic E-state index is -0.300. The summed E-state index contributed by atoms with van der Waals surface area (Å²) < 4.78 is 5.60. The number of hydrogen-bond donors (Lipinski definition) is 0. The molecule has 1 fully saturated rings. The molecule has 4 nitrogen and oxygen atoms in total. The van der Waals surface area contributed by atoms with Crippen molar-refractivity contribution >= 4 is 11.7 Å². The number of carbonyl (C=O) groups is 2. The van der Waals surface area contributed by atoms with Gasteiger partial charge in [-0.2, -0.15) is 0 Å². The molecule has 0 aromatic heterocycles. The molecule has 1 heterocycles. The monoisotopic (exact) mass is 303 g/mol. The van der Waals surface area contributed by atoms with E-state index in [0.29, 0.717) is 25.3 Å². The maximum absolute atomic E-state index is 12.3. The Morgan fingerprint density at radius 2 is 1.91 bits per heavy atom. The van der Waals surface area contributed by atoms with E-state index in [-0.39, 0.29) is 30.1 Å². The van der Waals surface area contributed by atoms with E-state index < -0.39 is 0 Å². The summed E-state index contributed by atoms with van der Waals surface area (Å²) >= 11 is 0. The molecule has 120 valence electrons. The highest BCUT2D eigenvalue weighted by molar-refractivity contribution is 5.98. The Hall–Kier alpha value is -1.68. The minimum Gasteiger partial charge on any atom is -0.372 e. The highest BCUT2D eigenvalue weighted by atomic mass is 16.5. The lowest BCUT2D eigenvalue weighted by Gasteiger charge is -2.38. The van der Waals surface area contributed by atoms with E-state index in [1.807, 2.05) is 45.9 Å². The molecule has 1 aromatic carbocycles. The number of Topliss-reactive ketones (excluding diaryl/α,β-unsaturated/α-hetero) is 1. The third kappa shape index (κ3) is 4.17. The molecule has 1 aliphatic rings. The molecule has 0 spiro atoms. The van der Waals surface area contributed by atoms with E-state index >= 15 is 0 Å². The van der Waals surface area contributed by atoms with E-state index in [9.17, 15) is 9.59 Å². The second-order valence-electron chi connectivity index (χ2n) is 6.65. The van der Waals surface area contributed by atoms with Crippen molar-refractivity contribution in [3.63, 3.8) is 0 Å². The van der Waals surface area contributed by atoms with Gasteiger partial charge in [-0.1, -0.05) is 12.1 Å². The normalized spacial score (nSPS) is 17.4. The standard InChI is InChI=1S/C18H25NO3/c1-13-5-6-15(11-14(13)2)16(20)7-8-17(21)19-9-10-22-18(3,4)12-19/h5-6,11H,7-10,12H2,1-4H3. The molecule has 1 aliphatic heterocycles. The molecule has 0 bridgehead atoms. The molecule has 22 heavy (non-hydrogen) atoms. The quantitative estimate of drug-likeness (QED) is 0.804. The first kappa shape index (κ1) is 16.7. The number of benzene rings is 1. The van der Waals surface area contributed by atoms with E-state index in [1.54, 1.807) is 4.90 Å². The fourth-order valence-corrected chi connectivity index (χ4v) is 2.67. The molecule has 0 unspecified atom stereocenters. The van der Waals surface area contributed by atoms with Crippen LogP contribution in [0.1, 0.15) is 48.2 Å². The minimum absolute atomic E-state index is 0.0315. The van der Waals surface area contributed by atoms with Crippen molar-refractivity contribution < 1.29 is 14.3 Å². The van der Waals surface area contributed by atoms with Gasteiger partial charge < -0.3 is 9.64 Å². The van der Waals surface area contributed by atoms with Crippen LogP contribution in [0.25, 0.3) is 0 Å². The third-order valence-corrected chi connectivity index (χ3v) is 4.17. The summed E-state index contributed by atoms with van der Waals surface area (Å²) in [5.74, 6) is 0.0672. The second-order valence-corrected chi connectivity index (χ2v) is 6.65. The lowest BCUT2D eigenvalue weighted by atomic mass is 10.0. The summed E-state index contributed by atoms with van der Waals surface area (Å²) in [5, 5.41) is 0. The first-order valence-corrected chi connectivity index (χ1v) is 7.81. The van der Waals surface area contributed by atoms with Crippen LogP contribution in [-0.2, 0) is 9.53 Å². The highest BCUT2D eigenvalue weighted by Crippen LogP contribution is 2.18. The first-order valence-electron chi connectivity index (χ1n) is 7.81. The van der Waals surface area contributed by atoms with Gasteiger partial charge in [0.05, 0.1) is 12.2 Å². The van der Waals surface area contributed by atoms with E-state index in [4.69, 9.17) is 4.74 Å². The number of rotatable bonds is 4. The van der Waals surface area contributed by atoms with Crippen LogP contribution >= 0.6 is 0 Å². The third-order valence-electron chi connectivity index (χ3n) is 4.17. The van der Waals surface area contributed by atoms with Crippen LogP contribution in [0.3, 0.4) is 0 Å². The van der Waals surface area contributed by atoms with Crippen LogP contribution in [0.2, 0.25) is 0 Å². The number of ether oxygens (including phenoxy) is 1. The number of hydrogen-bond acceptors (Lipinski definition) is 3. The molecule has 0 atom stereocenters. The van der Waals surface area contributed by atoms with Gasteiger partial charge in [-0.25, -0.2) is 0 Å². The van der Waals surface area contributed by atoms with Crippen molar-refractivity contribution in [3.05, 3.63) is 34.9 Å². The summed E-state index contributed by atoms with van der Waals surface area (Å²) in [6, 6.07) is 5.70. The molecule has 1 aromatic rings. The second kappa shape index (κ2) is 6.61. The van der Waals surface area contributed by atoms with Crippen LogP contribution in [0.15, 0.2) is 18.2 Å². The molecular formula is C18H25NO3. The van der Waals surface area contributed by atoms with Gasteiger partial charge in [0.15, 0.2) is 5.78 Å². The zero-order chi connectivity index (χ0) is 16.3. The molecule has 2 rings (SSSR count). The van der Waals surface area contributed by atoms with Crippen molar-refractivity contribution in [1.82, 2.24) is 4.90 Å². The summed E-state index contributed by atoms with van der Waals surface area (Å²) in [5.41, 5.74) is 2.67. The van der Waals surface area contributed by atoms with Crippen LogP contribution in [0, 0.1) is 13.8 Å².